The zero-order valence-corrected chi connectivity index (χ0v) is 11.4. The number of anilines is 1. The Kier molecular flexibility index (Phi) is 3.56. The van der Waals surface area contributed by atoms with Crippen molar-refractivity contribution in [3.63, 3.8) is 0 Å². The molecule has 3 nitrogen and oxygen atoms in total. The van der Waals surface area contributed by atoms with Crippen molar-refractivity contribution in [1.29, 1.82) is 5.26 Å². The van der Waals surface area contributed by atoms with E-state index in [-0.39, 0.29) is 0 Å². The maximum atomic E-state index is 9.27. The molecule has 1 saturated heterocycles. The summed E-state index contributed by atoms with van der Waals surface area (Å²) in [5, 5.41) is 13.7. The predicted molar refractivity (Wildman–Crippen MR) is 80.4 cm³/mol. The molecular formula is C15H15N3S. The standard InChI is InChI=1S/C15H15N3S/c16-10-12-9-11-3-1-2-4-14(11)18-15(12)17-13-5-7-19-8-6-13/h1-4,9,13H,5-8H2,(H,17,18). The molecule has 0 saturated carbocycles. The van der Waals surface area contributed by atoms with Gasteiger partial charge < -0.3 is 5.32 Å². The number of hydrogen-bond acceptors (Lipinski definition) is 4. The Labute approximate surface area is 117 Å². The first-order valence-electron chi connectivity index (χ1n) is 6.51. The number of thioether (sulfide) groups is 1. The van der Waals surface area contributed by atoms with Gasteiger partial charge in [0, 0.05) is 11.4 Å². The second-order valence-electron chi connectivity index (χ2n) is 4.72. The number of hydrogen-bond donors (Lipinski definition) is 1. The average molecular weight is 269 g/mol. The summed E-state index contributed by atoms with van der Waals surface area (Å²) in [6, 6.07) is 12.5. The van der Waals surface area contributed by atoms with Crippen LogP contribution < -0.4 is 5.32 Å². The second kappa shape index (κ2) is 5.50. The van der Waals surface area contributed by atoms with Crippen LogP contribution in [0.25, 0.3) is 10.9 Å². The Morgan fingerprint density at radius 2 is 2.05 bits per heavy atom. The highest BCUT2D eigenvalue weighted by atomic mass is 32.2. The van der Waals surface area contributed by atoms with Crippen LogP contribution in [0.1, 0.15) is 18.4 Å². The molecule has 96 valence electrons. The van der Waals surface area contributed by atoms with E-state index in [1.807, 2.05) is 42.1 Å². The van der Waals surface area contributed by atoms with Crippen LogP contribution in [0.15, 0.2) is 30.3 Å². The number of benzene rings is 1. The molecule has 1 aromatic heterocycles. The summed E-state index contributed by atoms with van der Waals surface area (Å²) in [7, 11) is 0. The van der Waals surface area contributed by atoms with Gasteiger partial charge in [0.25, 0.3) is 0 Å². The first-order chi connectivity index (χ1) is 9.36. The Bertz CT molecular complexity index is 627. The van der Waals surface area contributed by atoms with Crippen LogP contribution in [-0.4, -0.2) is 22.5 Å². The van der Waals surface area contributed by atoms with E-state index in [1.54, 1.807) is 0 Å². The van der Waals surface area contributed by atoms with Gasteiger partial charge in [-0.3, -0.25) is 0 Å². The van der Waals surface area contributed by atoms with E-state index in [1.165, 1.54) is 11.5 Å². The number of nitrogens with one attached hydrogen (secondary N) is 1. The van der Waals surface area contributed by atoms with E-state index in [9.17, 15) is 5.26 Å². The van der Waals surface area contributed by atoms with Crippen molar-refractivity contribution >= 4 is 28.5 Å². The van der Waals surface area contributed by atoms with Gasteiger partial charge in [-0.25, -0.2) is 4.98 Å². The zero-order chi connectivity index (χ0) is 13.1. The number of rotatable bonds is 2. The van der Waals surface area contributed by atoms with E-state index in [4.69, 9.17) is 0 Å². The topological polar surface area (TPSA) is 48.7 Å². The quantitative estimate of drug-likeness (QED) is 0.907. The molecule has 4 heteroatoms. The van der Waals surface area contributed by atoms with Gasteiger partial charge >= 0.3 is 0 Å². The summed E-state index contributed by atoms with van der Waals surface area (Å²) in [5.41, 5.74) is 1.58. The Morgan fingerprint density at radius 3 is 2.84 bits per heavy atom. The minimum atomic E-state index is 0.446. The van der Waals surface area contributed by atoms with Crippen LogP contribution in [0, 0.1) is 11.3 Å². The van der Waals surface area contributed by atoms with E-state index >= 15 is 0 Å². The minimum absolute atomic E-state index is 0.446. The number of fused-ring (bicyclic) bond motifs is 1. The Hall–Kier alpha value is -1.73. The van der Waals surface area contributed by atoms with Gasteiger partial charge in [-0.15, -0.1) is 0 Å². The lowest BCUT2D eigenvalue weighted by atomic mass is 10.1. The van der Waals surface area contributed by atoms with Crippen molar-refractivity contribution in [2.24, 2.45) is 0 Å². The van der Waals surface area contributed by atoms with Crippen LogP contribution in [0.2, 0.25) is 0 Å². The summed E-state index contributed by atoms with van der Waals surface area (Å²) < 4.78 is 0. The lowest BCUT2D eigenvalue weighted by molar-refractivity contribution is 0.664. The smallest absolute Gasteiger partial charge is 0.144 e. The molecule has 1 fully saturated rings. The molecule has 0 aliphatic carbocycles. The number of nitrogens with zero attached hydrogens (tertiary/aromatic N) is 2. The molecule has 1 aliphatic heterocycles. The average Bonchev–Trinajstić information content (AvgIpc) is 2.47. The van der Waals surface area contributed by atoms with Gasteiger partial charge in [0.05, 0.1) is 11.1 Å². The Morgan fingerprint density at radius 1 is 1.26 bits per heavy atom. The number of para-hydroxylation sites is 1. The summed E-state index contributed by atoms with van der Waals surface area (Å²) in [6.07, 6.45) is 2.29. The molecular weight excluding hydrogens is 254 g/mol. The maximum absolute atomic E-state index is 9.27. The molecule has 0 bridgehead atoms. The van der Waals surface area contributed by atoms with Crippen molar-refractivity contribution < 1.29 is 0 Å². The molecule has 0 amide bonds. The van der Waals surface area contributed by atoms with Crippen LogP contribution in [-0.2, 0) is 0 Å². The lowest BCUT2D eigenvalue weighted by Crippen LogP contribution is -2.25. The van der Waals surface area contributed by atoms with Crippen LogP contribution in [0.5, 0.6) is 0 Å². The van der Waals surface area contributed by atoms with Crippen molar-refractivity contribution in [2.45, 2.75) is 18.9 Å². The van der Waals surface area contributed by atoms with Crippen LogP contribution in [0.4, 0.5) is 5.82 Å². The van der Waals surface area contributed by atoms with Gasteiger partial charge in [0.15, 0.2) is 0 Å². The molecule has 1 N–H and O–H groups in total. The number of nitriles is 1. The van der Waals surface area contributed by atoms with Gasteiger partial charge in [-0.2, -0.15) is 17.0 Å². The fourth-order valence-electron chi connectivity index (χ4n) is 2.35. The summed E-state index contributed by atoms with van der Waals surface area (Å²) in [6.45, 7) is 0. The minimum Gasteiger partial charge on any atom is -0.366 e. The van der Waals surface area contributed by atoms with Crippen molar-refractivity contribution in [3.05, 3.63) is 35.9 Å². The summed E-state index contributed by atoms with van der Waals surface area (Å²) >= 11 is 2.00. The number of pyridine rings is 1. The van der Waals surface area contributed by atoms with E-state index in [0.29, 0.717) is 11.6 Å². The molecule has 0 atom stereocenters. The van der Waals surface area contributed by atoms with E-state index in [0.717, 1.165) is 29.6 Å². The van der Waals surface area contributed by atoms with Gasteiger partial charge in [-0.05, 0) is 36.5 Å². The fraction of sp³-hybridized carbons (Fsp3) is 0.333. The highest BCUT2D eigenvalue weighted by Crippen LogP contribution is 2.24. The van der Waals surface area contributed by atoms with Crippen LogP contribution in [0.3, 0.4) is 0 Å². The van der Waals surface area contributed by atoms with E-state index < -0.39 is 0 Å². The van der Waals surface area contributed by atoms with Crippen molar-refractivity contribution in [1.82, 2.24) is 4.98 Å². The normalized spacial score (nSPS) is 16.2. The lowest BCUT2D eigenvalue weighted by Gasteiger charge is -2.23. The highest BCUT2D eigenvalue weighted by molar-refractivity contribution is 7.99. The van der Waals surface area contributed by atoms with E-state index in [2.05, 4.69) is 16.4 Å². The monoisotopic (exact) mass is 269 g/mol. The first kappa shape index (κ1) is 12.3. The molecule has 1 aromatic carbocycles. The fourth-order valence-corrected chi connectivity index (χ4v) is 3.45. The third-order valence-electron chi connectivity index (χ3n) is 3.41. The molecule has 0 spiro atoms. The first-order valence-corrected chi connectivity index (χ1v) is 7.66. The molecule has 3 rings (SSSR count). The number of aromatic nitrogens is 1. The third-order valence-corrected chi connectivity index (χ3v) is 4.46. The van der Waals surface area contributed by atoms with Crippen LogP contribution >= 0.6 is 11.8 Å². The molecule has 0 radical (unpaired) electrons. The van der Waals surface area contributed by atoms with Gasteiger partial charge in [0.1, 0.15) is 11.9 Å². The zero-order valence-electron chi connectivity index (χ0n) is 10.6. The SMILES string of the molecule is N#Cc1cc2ccccc2nc1NC1CCSCC1. The summed E-state index contributed by atoms with van der Waals surface area (Å²) in [5.74, 6) is 3.11. The van der Waals surface area contributed by atoms with Crippen molar-refractivity contribution in [3.8, 4) is 6.07 Å². The largest absolute Gasteiger partial charge is 0.366 e. The Balaban J connectivity index is 1.94. The third kappa shape index (κ3) is 2.66. The summed E-state index contributed by atoms with van der Waals surface area (Å²) in [4.78, 5) is 4.60. The second-order valence-corrected chi connectivity index (χ2v) is 5.94. The molecule has 0 unspecified atom stereocenters. The predicted octanol–water partition coefficient (Wildman–Crippen LogP) is 3.41. The molecule has 2 heterocycles. The molecule has 1 aliphatic rings. The van der Waals surface area contributed by atoms with Gasteiger partial charge in [0.2, 0.25) is 0 Å². The maximum Gasteiger partial charge on any atom is 0.144 e. The van der Waals surface area contributed by atoms with Gasteiger partial charge in [-0.1, -0.05) is 18.2 Å². The van der Waals surface area contributed by atoms with Crippen molar-refractivity contribution in [2.75, 3.05) is 16.8 Å². The molecule has 2 aromatic rings. The highest BCUT2D eigenvalue weighted by Gasteiger charge is 2.16. The molecule has 19 heavy (non-hydrogen) atoms.